The molecule has 0 unspecified atom stereocenters. The Labute approximate surface area is 80.8 Å². The maximum atomic E-state index is 5.51. The summed E-state index contributed by atoms with van der Waals surface area (Å²) < 4.78 is 5.51. The number of allylic oxidation sites excluding steroid dienone is 5. The summed E-state index contributed by atoms with van der Waals surface area (Å²) in [4.78, 5) is 0. The maximum Gasteiger partial charge on any atom is 0.118 e. The fourth-order valence-electron chi connectivity index (χ4n) is 1.49. The van der Waals surface area contributed by atoms with Gasteiger partial charge in [-0.2, -0.15) is 0 Å². The standard InChI is InChI=1S/C10H12O.C2H6/c1-2-5-9-6-4-8-11-10(9)7-3-1;1-2/h1-3,7H,4-6,8H2;1-2H3. The van der Waals surface area contributed by atoms with Gasteiger partial charge in [0.15, 0.2) is 0 Å². The summed E-state index contributed by atoms with van der Waals surface area (Å²) >= 11 is 0. The van der Waals surface area contributed by atoms with E-state index >= 15 is 0 Å². The SMILES string of the molecule is C1=CCC2=C(C=C1)OCCC2.CC. The van der Waals surface area contributed by atoms with Crippen LogP contribution in [0.25, 0.3) is 0 Å². The smallest absolute Gasteiger partial charge is 0.118 e. The van der Waals surface area contributed by atoms with Crippen LogP contribution in [0.4, 0.5) is 0 Å². The van der Waals surface area contributed by atoms with Gasteiger partial charge in [-0.05, 0) is 30.9 Å². The van der Waals surface area contributed by atoms with Gasteiger partial charge in [-0.15, -0.1) is 0 Å². The summed E-state index contributed by atoms with van der Waals surface area (Å²) in [7, 11) is 0. The molecule has 2 aliphatic rings. The molecule has 0 aromatic carbocycles. The Morgan fingerprint density at radius 1 is 1.23 bits per heavy atom. The minimum Gasteiger partial charge on any atom is -0.494 e. The van der Waals surface area contributed by atoms with E-state index in [-0.39, 0.29) is 0 Å². The minimum absolute atomic E-state index is 0.892. The number of rotatable bonds is 0. The summed E-state index contributed by atoms with van der Waals surface area (Å²) in [6, 6.07) is 0. The summed E-state index contributed by atoms with van der Waals surface area (Å²) in [5.41, 5.74) is 1.46. The molecule has 0 saturated carbocycles. The van der Waals surface area contributed by atoms with Crippen molar-refractivity contribution in [3.05, 3.63) is 35.6 Å². The van der Waals surface area contributed by atoms with Crippen LogP contribution in [-0.2, 0) is 4.74 Å². The zero-order chi connectivity index (χ0) is 9.52. The van der Waals surface area contributed by atoms with Crippen molar-refractivity contribution in [2.75, 3.05) is 6.61 Å². The van der Waals surface area contributed by atoms with Crippen molar-refractivity contribution in [1.82, 2.24) is 0 Å². The van der Waals surface area contributed by atoms with Crippen LogP contribution >= 0.6 is 0 Å². The topological polar surface area (TPSA) is 9.23 Å². The highest BCUT2D eigenvalue weighted by molar-refractivity contribution is 5.29. The van der Waals surface area contributed by atoms with Gasteiger partial charge in [-0.3, -0.25) is 0 Å². The van der Waals surface area contributed by atoms with Gasteiger partial charge in [-0.25, -0.2) is 0 Å². The van der Waals surface area contributed by atoms with E-state index in [1.807, 2.05) is 19.9 Å². The molecule has 0 spiro atoms. The monoisotopic (exact) mass is 178 g/mol. The van der Waals surface area contributed by atoms with Crippen LogP contribution in [0.2, 0.25) is 0 Å². The second-order valence-corrected chi connectivity index (χ2v) is 2.91. The molecule has 0 bridgehead atoms. The molecule has 0 atom stereocenters. The molecule has 1 nitrogen and oxygen atoms in total. The van der Waals surface area contributed by atoms with E-state index in [4.69, 9.17) is 4.74 Å². The third-order valence-electron chi connectivity index (χ3n) is 2.09. The van der Waals surface area contributed by atoms with Crippen LogP contribution in [0.5, 0.6) is 0 Å². The van der Waals surface area contributed by atoms with E-state index in [1.54, 1.807) is 0 Å². The van der Waals surface area contributed by atoms with Crippen molar-refractivity contribution in [3.8, 4) is 0 Å². The van der Waals surface area contributed by atoms with Crippen molar-refractivity contribution in [2.24, 2.45) is 0 Å². The normalized spacial score (nSPS) is 19.5. The van der Waals surface area contributed by atoms with Crippen molar-refractivity contribution >= 4 is 0 Å². The van der Waals surface area contributed by atoms with Gasteiger partial charge in [0, 0.05) is 0 Å². The molecule has 0 fully saturated rings. The van der Waals surface area contributed by atoms with Gasteiger partial charge in [0.05, 0.1) is 6.61 Å². The molecule has 13 heavy (non-hydrogen) atoms. The Morgan fingerprint density at radius 3 is 2.92 bits per heavy atom. The van der Waals surface area contributed by atoms with E-state index in [1.165, 1.54) is 18.4 Å². The maximum absolute atomic E-state index is 5.51. The van der Waals surface area contributed by atoms with Crippen molar-refractivity contribution in [1.29, 1.82) is 0 Å². The van der Waals surface area contributed by atoms with Crippen molar-refractivity contribution in [2.45, 2.75) is 33.1 Å². The van der Waals surface area contributed by atoms with Gasteiger partial charge < -0.3 is 4.74 Å². The molecular formula is C12H18O. The highest BCUT2D eigenvalue weighted by Gasteiger charge is 2.10. The molecule has 0 aromatic rings. The molecule has 1 aliphatic carbocycles. The summed E-state index contributed by atoms with van der Waals surface area (Å²) in [5.74, 6) is 1.11. The Bertz CT molecular complexity index is 234. The fraction of sp³-hybridized carbons (Fsp3) is 0.500. The number of hydrogen-bond donors (Lipinski definition) is 0. The largest absolute Gasteiger partial charge is 0.494 e. The van der Waals surface area contributed by atoms with Crippen LogP contribution in [-0.4, -0.2) is 6.61 Å². The molecule has 1 heteroatoms. The zero-order valence-corrected chi connectivity index (χ0v) is 8.55. The Hall–Kier alpha value is -0.980. The Kier molecular flexibility index (Phi) is 4.37. The van der Waals surface area contributed by atoms with Crippen molar-refractivity contribution < 1.29 is 4.74 Å². The third kappa shape index (κ3) is 2.76. The molecule has 0 N–H and O–H groups in total. The van der Waals surface area contributed by atoms with Crippen LogP contribution in [0.15, 0.2) is 35.6 Å². The molecule has 0 amide bonds. The lowest BCUT2D eigenvalue weighted by molar-refractivity contribution is 0.199. The first-order chi connectivity index (χ1) is 6.47. The predicted molar refractivity (Wildman–Crippen MR) is 56.5 cm³/mol. The van der Waals surface area contributed by atoms with Crippen LogP contribution < -0.4 is 0 Å². The first kappa shape index (κ1) is 10.1. The summed E-state index contributed by atoms with van der Waals surface area (Å²) in [6.45, 7) is 4.89. The van der Waals surface area contributed by atoms with Gasteiger partial charge in [-0.1, -0.05) is 32.1 Å². The fourth-order valence-corrected chi connectivity index (χ4v) is 1.49. The Balaban J connectivity index is 0.000000396. The van der Waals surface area contributed by atoms with E-state index in [9.17, 15) is 0 Å². The lowest BCUT2D eigenvalue weighted by atomic mass is 10.0. The lowest BCUT2D eigenvalue weighted by Gasteiger charge is -2.17. The van der Waals surface area contributed by atoms with E-state index in [2.05, 4.69) is 18.2 Å². The molecule has 0 saturated heterocycles. The highest BCUT2D eigenvalue weighted by Crippen LogP contribution is 2.24. The Morgan fingerprint density at radius 2 is 2.08 bits per heavy atom. The highest BCUT2D eigenvalue weighted by atomic mass is 16.5. The second-order valence-electron chi connectivity index (χ2n) is 2.91. The molecule has 1 aliphatic heterocycles. The van der Waals surface area contributed by atoms with E-state index < -0.39 is 0 Å². The first-order valence-corrected chi connectivity index (χ1v) is 5.15. The van der Waals surface area contributed by atoms with Crippen LogP contribution in [0, 0.1) is 0 Å². The number of ether oxygens (including phenoxy) is 1. The predicted octanol–water partition coefficient (Wildman–Crippen LogP) is 3.59. The summed E-state index contributed by atoms with van der Waals surface area (Å²) in [5, 5.41) is 0. The number of hydrogen-bond acceptors (Lipinski definition) is 1. The second kappa shape index (κ2) is 5.63. The van der Waals surface area contributed by atoms with Crippen LogP contribution in [0.3, 0.4) is 0 Å². The molecule has 1 heterocycles. The molecule has 72 valence electrons. The van der Waals surface area contributed by atoms with Crippen molar-refractivity contribution in [3.63, 3.8) is 0 Å². The van der Waals surface area contributed by atoms with Gasteiger partial charge >= 0.3 is 0 Å². The quantitative estimate of drug-likeness (QED) is 0.550. The van der Waals surface area contributed by atoms with Crippen LogP contribution in [0.1, 0.15) is 33.1 Å². The van der Waals surface area contributed by atoms with Gasteiger partial charge in [0.1, 0.15) is 5.76 Å². The minimum atomic E-state index is 0.892. The van der Waals surface area contributed by atoms with Gasteiger partial charge in [0.25, 0.3) is 0 Å². The average molecular weight is 178 g/mol. The van der Waals surface area contributed by atoms with Gasteiger partial charge in [0.2, 0.25) is 0 Å². The average Bonchev–Trinajstić information content (AvgIpc) is 2.45. The zero-order valence-electron chi connectivity index (χ0n) is 8.55. The molecular weight excluding hydrogens is 160 g/mol. The third-order valence-corrected chi connectivity index (χ3v) is 2.09. The van der Waals surface area contributed by atoms with E-state index in [0.717, 1.165) is 18.8 Å². The summed E-state index contributed by atoms with van der Waals surface area (Å²) in [6.07, 6.45) is 11.9. The molecule has 0 aromatic heterocycles. The lowest BCUT2D eigenvalue weighted by Crippen LogP contribution is -2.04. The molecule has 2 rings (SSSR count). The van der Waals surface area contributed by atoms with E-state index in [0.29, 0.717) is 0 Å². The first-order valence-electron chi connectivity index (χ1n) is 5.15. The molecule has 0 radical (unpaired) electrons.